The van der Waals surface area contributed by atoms with Gasteiger partial charge < -0.3 is 19.8 Å². The van der Waals surface area contributed by atoms with Gasteiger partial charge in [-0.1, -0.05) is 12.1 Å². The van der Waals surface area contributed by atoms with Gasteiger partial charge in [-0.05, 0) is 55.5 Å². The van der Waals surface area contributed by atoms with Crippen LogP contribution >= 0.6 is 0 Å². The maximum Gasteiger partial charge on any atom is 0.291 e. The van der Waals surface area contributed by atoms with Gasteiger partial charge in [0.15, 0.2) is 5.76 Å². The number of hydrogen-bond donors (Lipinski definition) is 2. The smallest absolute Gasteiger partial charge is 0.291 e. The minimum Gasteiger partial charge on any atom is -0.459 e. The summed E-state index contributed by atoms with van der Waals surface area (Å²) in [6.07, 6.45) is 3.39. The highest BCUT2D eigenvalue weighted by Gasteiger charge is 2.23. The van der Waals surface area contributed by atoms with E-state index in [0.29, 0.717) is 24.8 Å². The van der Waals surface area contributed by atoms with Crippen LogP contribution < -0.4 is 10.6 Å². The van der Waals surface area contributed by atoms with E-state index in [1.807, 2.05) is 18.2 Å². The minimum atomic E-state index is -0.456. The lowest BCUT2D eigenvalue weighted by Crippen LogP contribution is -2.34. The van der Waals surface area contributed by atoms with Crippen LogP contribution in [-0.4, -0.2) is 24.5 Å². The van der Waals surface area contributed by atoms with Crippen LogP contribution in [0.1, 0.15) is 35.9 Å². The fraction of sp³-hybridized carbons (Fsp3) is 0.368. The maximum atomic E-state index is 12.0. The Balaban J connectivity index is 1.49. The summed E-state index contributed by atoms with van der Waals surface area (Å²) in [7, 11) is 0. The van der Waals surface area contributed by atoms with Crippen molar-refractivity contribution in [3.63, 3.8) is 0 Å². The van der Waals surface area contributed by atoms with Crippen LogP contribution in [0.5, 0.6) is 0 Å². The van der Waals surface area contributed by atoms with Crippen LogP contribution in [0, 0.1) is 5.92 Å². The van der Waals surface area contributed by atoms with E-state index in [1.165, 1.54) is 19.1 Å². The molecule has 1 atom stereocenters. The highest BCUT2D eigenvalue weighted by atomic mass is 16.5. The molecule has 3 rings (SSSR count). The third kappa shape index (κ3) is 5.19. The van der Waals surface area contributed by atoms with Crippen LogP contribution in [0.4, 0.5) is 5.69 Å². The van der Waals surface area contributed by atoms with E-state index in [2.05, 4.69) is 10.6 Å². The van der Waals surface area contributed by atoms with E-state index < -0.39 is 6.10 Å². The summed E-state index contributed by atoms with van der Waals surface area (Å²) in [5.74, 6) is 0.434. The second-order valence-electron chi connectivity index (χ2n) is 6.27. The van der Waals surface area contributed by atoms with Gasteiger partial charge in [0, 0.05) is 12.2 Å². The molecule has 1 saturated carbocycles. The van der Waals surface area contributed by atoms with Crippen LogP contribution in [-0.2, 0) is 16.1 Å². The Labute approximate surface area is 146 Å². The molecule has 0 unspecified atom stereocenters. The molecule has 0 spiro atoms. The first-order chi connectivity index (χ1) is 12.1. The van der Waals surface area contributed by atoms with Crippen molar-refractivity contribution in [2.45, 2.75) is 32.4 Å². The molecule has 1 aromatic carbocycles. The van der Waals surface area contributed by atoms with E-state index in [1.54, 1.807) is 25.1 Å². The van der Waals surface area contributed by atoms with Crippen LogP contribution in [0.15, 0.2) is 47.1 Å². The van der Waals surface area contributed by atoms with Crippen molar-refractivity contribution in [1.29, 1.82) is 0 Å². The zero-order valence-electron chi connectivity index (χ0n) is 14.2. The number of anilines is 1. The van der Waals surface area contributed by atoms with Gasteiger partial charge in [0.1, 0.15) is 6.10 Å². The van der Waals surface area contributed by atoms with Gasteiger partial charge >= 0.3 is 0 Å². The number of nitrogens with one attached hydrogen (secondary N) is 2. The van der Waals surface area contributed by atoms with E-state index in [4.69, 9.17) is 9.15 Å². The van der Waals surface area contributed by atoms with Crippen LogP contribution in [0.25, 0.3) is 0 Å². The molecule has 1 aliphatic rings. The molecule has 0 bridgehead atoms. The normalized spacial score (nSPS) is 14.8. The number of carbonyl (C=O) groups is 2. The summed E-state index contributed by atoms with van der Waals surface area (Å²) in [4.78, 5) is 24.0. The first kappa shape index (κ1) is 17.2. The van der Waals surface area contributed by atoms with Gasteiger partial charge in [-0.3, -0.25) is 9.59 Å². The standard InChI is InChI=1S/C19H22N2O4/c1-13(25-12-14-7-8-14)18(22)20-11-15-4-2-5-16(10-15)21-19(23)17-6-3-9-24-17/h2-6,9-10,13-14H,7-8,11-12H2,1H3,(H,20,22)(H,21,23)/t13-/m0/s1. The van der Waals surface area contributed by atoms with Crippen molar-refractivity contribution in [2.24, 2.45) is 5.92 Å². The first-order valence-electron chi connectivity index (χ1n) is 8.45. The summed E-state index contributed by atoms with van der Waals surface area (Å²) >= 11 is 0. The zero-order chi connectivity index (χ0) is 17.6. The summed E-state index contributed by atoms with van der Waals surface area (Å²) < 4.78 is 10.6. The van der Waals surface area contributed by atoms with Gasteiger partial charge in [0.25, 0.3) is 5.91 Å². The molecule has 2 N–H and O–H groups in total. The van der Waals surface area contributed by atoms with Gasteiger partial charge in [-0.15, -0.1) is 0 Å². The third-order valence-corrected chi connectivity index (χ3v) is 4.04. The fourth-order valence-electron chi connectivity index (χ4n) is 2.33. The van der Waals surface area contributed by atoms with Crippen molar-refractivity contribution in [2.75, 3.05) is 11.9 Å². The molecule has 0 aliphatic heterocycles. The second kappa shape index (κ2) is 7.98. The molecule has 6 nitrogen and oxygen atoms in total. The SMILES string of the molecule is C[C@H](OCC1CC1)C(=O)NCc1cccc(NC(=O)c2ccco2)c1. The van der Waals surface area contributed by atoms with E-state index in [0.717, 1.165) is 5.56 Å². The fourth-order valence-corrected chi connectivity index (χ4v) is 2.33. The summed E-state index contributed by atoms with van der Waals surface area (Å²) in [5.41, 5.74) is 1.53. The molecule has 1 aromatic heterocycles. The molecule has 0 saturated heterocycles. The predicted octanol–water partition coefficient (Wildman–Crippen LogP) is 2.96. The number of hydrogen-bond acceptors (Lipinski definition) is 4. The Morgan fingerprint density at radius 3 is 2.84 bits per heavy atom. The van der Waals surface area contributed by atoms with Crippen molar-refractivity contribution in [3.05, 3.63) is 54.0 Å². The van der Waals surface area contributed by atoms with E-state index >= 15 is 0 Å². The lowest BCUT2D eigenvalue weighted by atomic mass is 10.2. The summed E-state index contributed by atoms with van der Waals surface area (Å²) in [6, 6.07) is 10.6. The van der Waals surface area contributed by atoms with Crippen LogP contribution in [0.3, 0.4) is 0 Å². The van der Waals surface area contributed by atoms with E-state index in [9.17, 15) is 9.59 Å². The third-order valence-electron chi connectivity index (χ3n) is 4.04. The molecule has 1 aliphatic carbocycles. The molecule has 25 heavy (non-hydrogen) atoms. The average molecular weight is 342 g/mol. The van der Waals surface area contributed by atoms with Gasteiger partial charge in [-0.2, -0.15) is 0 Å². The molecular formula is C19H22N2O4. The van der Waals surface area contributed by atoms with Gasteiger partial charge in [-0.25, -0.2) is 0 Å². The second-order valence-corrected chi connectivity index (χ2v) is 6.27. The molecule has 6 heteroatoms. The predicted molar refractivity (Wildman–Crippen MR) is 93.1 cm³/mol. The van der Waals surface area contributed by atoms with Crippen molar-refractivity contribution < 1.29 is 18.7 Å². The number of benzene rings is 1. The number of furan rings is 1. The molecule has 0 radical (unpaired) electrons. The Morgan fingerprint density at radius 1 is 1.28 bits per heavy atom. The van der Waals surface area contributed by atoms with Gasteiger partial charge in [0.05, 0.1) is 12.9 Å². The number of ether oxygens (including phenoxy) is 1. The molecule has 1 fully saturated rings. The minimum absolute atomic E-state index is 0.134. The monoisotopic (exact) mass is 342 g/mol. The Morgan fingerprint density at radius 2 is 2.12 bits per heavy atom. The lowest BCUT2D eigenvalue weighted by molar-refractivity contribution is -0.132. The molecule has 2 amide bonds. The van der Waals surface area contributed by atoms with Crippen molar-refractivity contribution in [1.82, 2.24) is 5.32 Å². The largest absolute Gasteiger partial charge is 0.459 e. The average Bonchev–Trinajstić information content (AvgIpc) is 3.28. The molecule has 2 aromatic rings. The maximum absolute atomic E-state index is 12.0. The van der Waals surface area contributed by atoms with Crippen molar-refractivity contribution in [3.8, 4) is 0 Å². The Bertz CT molecular complexity index is 723. The quantitative estimate of drug-likeness (QED) is 0.773. The Hall–Kier alpha value is -2.60. The summed E-state index contributed by atoms with van der Waals surface area (Å²) in [6.45, 7) is 2.79. The number of carbonyl (C=O) groups excluding carboxylic acids is 2. The molecular weight excluding hydrogens is 320 g/mol. The lowest BCUT2D eigenvalue weighted by Gasteiger charge is -2.13. The van der Waals surface area contributed by atoms with Gasteiger partial charge in [0.2, 0.25) is 5.91 Å². The molecule has 132 valence electrons. The topological polar surface area (TPSA) is 80.6 Å². The van der Waals surface area contributed by atoms with Crippen LogP contribution in [0.2, 0.25) is 0 Å². The highest BCUT2D eigenvalue weighted by Crippen LogP contribution is 2.29. The number of amides is 2. The highest BCUT2D eigenvalue weighted by molar-refractivity contribution is 6.02. The zero-order valence-corrected chi connectivity index (χ0v) is 14.2. The number of rotatable bonds is 8. The summed E-state index contributed by atoms with van der Waals surface area (Å²) in [5, 5.41) is 5.62. The first-order valence-corrected chi connectivity index (χ1v) is 8.45. The molecule has 1 heterocycles. The van der Waals surface area contributed by atoms with Crippen molar-refractivity contribution >= 4 is 17.5 Å². The Kier molecular flexibility index (Phi) is 5.50. The van der Waals surface area contributed by atoms with E-state index in [-0.39, 0.29) is 17.6 Å².